The molecule has 0 spiro atoms. The van der Waals surface area contributed by atoms with Crippen LogP contribution >= 0.6 is 0 Å². The summed E-state index contributed by atoms with van der Waals surface area (Å²) >= 11 is 0. The second-order valence-corrected chi connectivity index (χ2v) is 4.86. The van der Waals surface area contributed by atoms with Crippen molar-refractivity contribution >= 4 is 0 Å². The van der Waals surface area contributed by atoms with E-state index in [1.807, 2.05) is 14.0 Å². The van der Waals surface area contributed by atoms with E-state index < -0.39 is 0 Å². The van der Waals surface area contributed by atoms with Crippen molar-refractivity contribution in [2.24, 2.45) is 5.92 Å². The zero-order valence-electron chi connectivity index (χ0n) is 11.5. The molecular weight excluding hydrogens is 226 g/mol. The maximum atomic E-state index is 5.75. The van der Waals surface area contributed by atoms with Gasteiger partial charge in [0.05, 0.1) is 13.2 Å². The van der Waals surface area contributed by atoms with Crippen LogP contribution in [0, 0.1) is 12.8 Å². The fourth-order valence-corrected chi connectivity index (χ4v) is 2.66. The highest BCUT2D eigenvalue weighted by atomic mass is 16.5. The number of ether oxygens (including phenoxy) is 2. The van der Waals surface area contributed by atoms with Crippen molar-refractivity contribution in [1.29, 1.82) is 0 Å². The maximum Gasteiger partial charge on any atom is 0.124 e. The third-order valence-corrected chi connectivity index (χ3v) is 3.55. The van der Waals surface area contributed by atoms with E-state index in [-0.39, 0.29) is 0 Å². The average Bonchev–Trinajstić information content (AvgIpc) is 2.87. The molecule has 2 atom stereocenters. The molecule has 1 aromatic carbocycles. The van der Waals surface area contributed by atoms with Gasteiger partial charge in [-0.3, -0.25) is 0 Å². The summed E-state index contributed by atoms with van der Waals surface area (Å²) in [6.45, 7) is 6.56. The summed E-state index contributed by atoms with van der Waals surface area (Å²) in [5.41, 5.74) is 2.53. The molecule has 1 aliphatic rings. The molecule has 2 rings (SSSR count). The monoisotopic (exact) mass is 249 g/mol. The van der Waals surface area contributed by atoms with Crippen molar-refractivity contribution in [2.45, 2.75) is 26.3 Å². The molecule has 0 bridgehead atoms. The van der Waals surface area contributed by atoms with Gasteiger partial charge in [0, 0.05) is 24.1 Å². The van der Waals surface area contributed by atoms with Gasteiger partial charge in [0.1, 0.15) is 5.75 Å². The Morgan fingerprint density at radius 3 is 2.94 bits per heavy atom. The van der Waals surface area contributed by atoms with E-state index in [9.17, 15) is 0 Å². The van der Waals surface area contributed by atoms with Crippen LogP contribution in [0.1, 0.15) is 30.5 Å². The van der Waals surface area contributed by atoms with Crippen LogP contribution in [0.25, 0.3) is 0 Å². The van der Waals surface area contributed by atoms with Crippen molar-refractivity contribution in [3.05, 3.63) is 29.3 Å². The second-order valence-electron chi connectivity index (χ2n) is 4.86. The molecule has 1 aliphatic heterocycles. The molecule has 1 saturated heterocycles. The van der Waals surface area contributed by atoms with Crippen LogP contribution in [0.2, 0.25) is 0 Å². The Bertz CT molecular complexity index is 386. The van der Waals surface area contributed by atoms with Gasteiger partial charge in [0.15, 0.2) is 0 Å². The quantitative estimate of drug-likeness (QED) is 0.870. The Hall–Kier alpha value is -1.06. The van der Waals surface area contributed by atoms with E-state index in [1.165, 1.54) is 11.1 Å². The number of rotatable bonds is 5. The van der Waals surface area contributed by atoms with Crippen LogP contribution in [-0.2, 0) is 4.74 Å². The van der Waals surface area contributed by atoms with Crippen molar-refractivity contribution in [3.8, 4) is 5.75 Å². The summed E-state index contributed by atoms with van der Waals surface area (Å²) in [6, 6.07) is 6.72. The Balaban J connectivity index is 2.29. The van der Waals surface area contributed by atoms with Gasteiger partial charge in [-0.25, -0.2) is 0 Å². The molecule has 100 valence electrons. The molecule has 18 heavy (non-hydrogen) atoms. The number of nitrogens with one attached hydrogen (secondary N) is 1. The van der Waals surface area contributed by atoms with Gasteiger partial charge in [0.2, 0.25) is 0 Å². The highest BCUT2D eigenvalue weighted by molar-refractivity contribution is 5.39. The smallest absolute Gasteiger partial charge is 0.124 e. The highest BCUT2D eigenvalue weighted by Crippen LogP contribution is 2.34. The Morgan fingerprint density at radius 1 is 1.50 bits per heavy atom. The normalized spacial score (nSPS) is 20.9. The number of aryl methyl sites for hydroxylation is 1. The lowest BCUT2D eigenvalue weighted by molar-refractivity contribution is 0.177. The number of hydrogen-bond acceptors (Lipinski definition) is 3. The molecule has 1 heterocycles. The van der Waals surface area contributed by atoms with E-state index in [1.54, 1.807) is 0 Å². The number of benzene rings is 1. The zero-order chi connectivity index (χ0) is 13.0. The van der Waals surface area contributed by atoms with Crippen molar-refractivity contribution < 1.29 is 9.47 Å². The molecule has 2 unspecified atom stereocenters. The summed E-state index contributed by atoms with van der Waals surface area (Å²) in [4.78, 5) is 0. The van der Waals surface area contributed by atoms with E-state index >= 15 is 0 Å². The van der Waals surface area contributed by atoms with Crippen LogP contribution in [0.3, 0.4) is 0 Å². The predicted octanol–water partition coefficient (Wildman–Crippen LogP) is 2.69. The lowest BCUT2D eigenvalue weighted by Crippen LogP contribution is -2.26. The third kappa shape index (κ3) is 2.85. The standard InChI is InChI=1S/C15H23NO2/c1-4-18-14-6-5-11(2)9-13(14)15(16-3)12-7-8-17-10-12/h5-6,9,12,15-16H,4,7-8,10H2,1-3H3. The van der Waals surface area contributed by atoms with Gasteiger partial charge < -0.3 is 14.8 Å². The average molecular weight is 249 g/mol. The molecule has 1 aromatic rings. The predicted molar refractivity (Wildman–Crippen MR) is 73.1 cm³/mol. The van der Waals surface area contributed by atoms with Crippen LogP contribution in [0.15, 0.2) is 18.2 Å². The van der Waals surface area contributed by atoms with E-state index in [0.717, 1.165) is 25.4 Å². The second kappa shape index (κ2) is 6.21. The molecule has 1 N–H and O–H groups in total. The van der Waals surface area contributed by atoms with E-state index in [0.29, 0.717) is 18.6 Å². The van der Waals surface area contributed by atoms with Gasteiger partial charge in [-0.05, 0) is 33.4 Å². The van der Waals surface area contributed by atoms with Gasteiger partial charge >= 0.3 is 0 Å². The molecular formula is C15H23NO2. The van der Waals surface area contributed by atoms with E-state index in [2.05, 4.69) is 30.4 Å². The minimum Gasteiger partial charge on any atom is -0.494 e. The first-order valence-electron chi connectivity index (χ1n) is 6.74. The van der Waals surface area contributed by atoms with Gasteiger partial charge in [-0.15, -0.1) is 0 Å². The molecule has 0 aromatic heterocycles. The van der Waals surface area contributed by atoms with Crippen LogP contribution in [-0.4, -0.2) is 26.9 Å². The minimum absolute atomic E-state index is 0.314. The summed E-state index contributed by atoms with van der Waals surface area (Å²) in [5.74, 6) is 1.53. The lowest BCUT2D eigenvalue weighted by Gasteiger charge is -2.25. The molecule has 3 heteroatoms. The molecule has 1 fully saturated rings. The molecule has 0 saturated carbocycles. The fourth-order valence-electron chi connectivity index (χ4n) is 2.66. The zero-order valence-corrected chi connectivity index (χ0v) is 11.5. The van der Waals surface area contributed by atoms with Crippen molar-refractivity contribution in [3.63, 3.8) is 0 Å². The minimum atomic E-state index is 0.314. The Kier molecular flexibility index (Phi) is 4.61. The molecule has 0 aliphatic carbocycles. The summed E-state index contributed by atoms with van der Waals surface area (Å²) in [7, 11) is 2.01. The Morgan fingerprint density at radius 2 is 2.33 bits per heavy atom. The fraction of sp³-hybridized carbons (Fsp3) is 0.600. The van der Waals surface area contributed by atoms with Crippen molar-refractivity contribution in [1.82, 2.24) is 5.32 Å². The molecule has 3 nitrogen and oxygen atoms in total. The first-order valence-corrected chi connectivity index (χ1v) is 6.74. The van der Waals surface area contributed by atoms with Crippen LogP contribution in [0.4, 0.5) is 0 Å². The van der Waals surface area contributed by atoms with Gasteiger partial charge in [-0.2, -0.15) is 0 Å². The van der Waals surface area contributed by atoms with Crippen LogP contribution in [0.5, 0.6) is 5.75 Å². The van der Waals surface area contributed by atoms with Gasteiger partial charge in [-0.1, -0.05) is 17.7 Å². The topological polar surface area (TPSA) is 30.5 Å². The highest BCUT2D eigenvalue weighted by Gasteiger charge is 2.28. The third-order valence-electron chi connectivity index (χ3n) is 3.55. The maximum absolute atomic E-state index is 5.75. The number of hydrogen-bond donors (Lipinski definition) is 1. The molecule has 0 radical (unpaired) electrons. The summed E-state index contributed by atoms with van der Waals surface area (Å²) in [5, 5.41) is 3.43. The first kappa shape index (κ1) is 13.4. The molecule has 0 amide bonds. The van der Waals surface area contributed by atoms with E-state index in [4.69, 9.17) is 9.47 Å². The van der Waals surface area contributed by atoms with Crippen molar-refractivity contribution in [2.75, 3.05) is 26.9 Å². The largest absolute Gasteiger partial charge is 0.494 e. The summed E-state index contributed by atoms with van der Waals surface area (Å²) in [6.07, 6.45) is 1.12. The SMILES string of the molecule is CCOc1ccc(C)cc1C(NC)C1CCOC1. The Labute approximate surface area is 109 Å². The lowest BCUT2D eigenvalue weighted by atomic mass is 9.91. The van der Waals surface area contributed by atoms with Crippen LogP contribution < -0.4 is 10.1 Å². The first-order chi connectivity index (χ1) is 8.76. The summed E-state index contributed by atoms with van der Waals surface area (Å²) < 4.78 is 11.3. The van der Waals surface area contributed by atoms with Gasteiger partial charge in [0.25, 0.3) is 0 Å².